The third kappa shape index (κ3) is 4.99. The lowest BCUT2D eigenvalue weighted by Gasteiger charge is -2.33. The molecule has 4 rings (SSSR count). The number of H-pyrrole nitrogens is 1. The van der Waals surface area contributed by atoms with Gasteiger partial charge in [-0.3, -0.25) is 4.79 Å². The highest BCUT2D eigenvalue weighted by Crippen LogP contribution is 2.26. The zero-order valence-corrected chi connectivity index (χ0v) is 19.2. The molecule has 2 aromatic carbocycles. The van der Waals surface area contributed by atoms with Gasteiger partial charge in [0.2, 0.25) is 0 Å². The predicted molar refractivity (Wildman–Crippen MR) is 132 cm³/mol. The van der Waals surface area contributed by atoms with Crippen molar-refractivity contribution >= 4 is 28.2 Å². The first-order valence-electron chi connectivity index (χ1n) is 11.3. The number of nitrogens with zero attached hydrogens (tertiary/aromatic N) is 1. The van der Waals surface area contributed by atoms with E-state index in [1.54, 1.807) is 0 Å². The van der Waals surface area contributed by atoms with Crippen molar-refractivity contribution in [2.45, 2.75) is 64.6 Å². The van der Waals surface area contributed by atoms with Gasteiger partial charge in [0.25, 0.3) is 5.56 Å². The number of aromatic amines is 1. The molecule has 0 aliphatic heterocycles. The monoisotopic (exact) mass is 433 g/mol. The van der Waals surface area contributed by atoms with Gasteiger partial charge in [0.05, 0.1) is 12.6 Å². The summed E-state index contributed by atoms with van der Waals surface area (Å²) in [6.07, 6.45) is 5.64. The molecule has 0 bridgehead atoms. The first-order valence-corrected chi connectivity index (χ1v) is 11.7. The summed E-state index contributed by atoms with van der Waals surface area (Å²) >= 11 is 5.87. The fourth-order valence-electron chi connectivity index (χ4n) is 4.50. The number of rotatable bonds is 6. The fraction of sp³-hybridized carbons (Fsp3) is 0.385. The van der Waals surface area contributed by atoms with Gasteiger partial charge in [0.15, 0.2) is 5.11 Å². The van der Waals surface area contributed by atoms with Crippen LogP contribution in [-0.2, 0) is 13.0 Å². The minimum atomic E-state index is -0.0290. The first kappa shape index (κ1) is 21.6. The van der Waals surface area contributed by atoms with E-state index in [1.807, 2.05) is 30.3 Å². The Morgan fingerprint density at radius 1 is 1.16 bits per heavy atom. The summed E-state index contributed by atoms with van der Waals surface area (Å²) in [4.78, 5) is 18.2. The molecule has 0 saturated heterocycles. The standard InChI is InChI=1S/C26H31N3OS/c1-3-19-13-14-24-21(15-19)16-22(25(30)28-24)17-29(23-11-7-8-12-23)26(31)27-18(2)20-9-5-4-6-10-20/h4-6,9-10,13-16,18,23H,3,7-8,11-12,17H2,1-2H3,(H,27,31)(H,28,30)/t18-/m0/s1. The molecule has 1 aromatic heterocycles. The topological polar surface area (TPSA) is 48.1 Å². The van der Waals surface area contributed by atoms with Crippen molar-refractivity contribution in [2.24, 2.45) is 0 Å². The second-order valence-electron chi connectivity index (χ2n) is 8.55. The SMILES string of the molecule is CCc1ccc2[nH]c(=O)c(CN(C(=S)N[C@@H](C)c3ccccc3)C3CCCC3)cc2c1. The highest BCUT2D eigenvalue weighted by molar-refractivity contribution is 7.80. The van der Waals surface area contributed by atoms with Gasteiger partial charge < -0.3 is 15.2 Å². The summed E-state index contributed by atoms with van der Waals surface area (Å²) in [5.41, 5.74) is 4.10. The molecule has 1 saturated carbocycles. The van der Waals surface area contributed by atoms with E-state index in [9.17, 15) is 4.79 Å². The summed E-state index contributed by atoms with van der Waals surface area (Å²) in [6, 6.07) is 19.1. The zero-order chi connectivity index (χ0) is 21.8. The zero-order valence-electron chi connectivity index (χ0n) is 18.4. The van der Waals surface area contributed by atoms with Crippen LogP contribution in [0.4, 0.5) is 0 Å². The molecule has 3 aromatic rings. The van der Waals surface area contributed by atoms with Crippen LogP contribution in [0.3, 0.4) is 0 Å². The van der Waals surface area contributed by atoms with E-state index < -0.39 is 0 Å². The Kier molecular flexibility index (Phi) is 6.71. The molecule has 5 heteroatoms. The second-order valence-corrected chi connectivity index (χ2v) is 8.93. The van der Waals surface area contributed by atoms with Gasteiger partial charge in [-0.2, -0.15) is 0 Å². The van der Waals surface area contributed by atoms with Crippen molar-refractivity contribution in [3.05, 3.63) is 81.6 Å². The molecule has 1 atom stereocenters. The van der Waals surface area contributed by atoms with Crippen LogP contribution < -0.4 is 10.9 Å². The number of hydrogen-bond donors (Lipinski definition) is 2. The maximum absolute atomic E-state index is 12.9. The highest BCUT2D eigenvalue weighted by Gasteiger charge is 2.26. The quantitative estimate of drug-likeness (QED) is 0.506. The molecule has 0 spiro atoms. The molecule has 1 aliphatic rings. The molecule has 0 amide bonds. The molecule has 162 valence electrons. The van der Waals surface area contributed by atoms with E-state index in [-0.39, 0.29) is 11.6 Å². The van der Waals surface area contributed by atoms with Crippen LogP contribution in [-0.4, -0.2) is 21.0 Å². The Hall–Kier alpha value is -2.66. The van der Waals surface area contributed by atoms with Crippen LogP contribution in [0.15, 0.2) is 59.4 Å². The minimum absolute atomic E-state index is 0.0290. The Bertz CT molecular complexity index is 1100. The molecular weight excluding hydrogens is 402 g/mol. The van der Waals surface area contributed by atoms with Gasteiger partial charge in [-0.15, -0.1) is 0 Å². The maximum Gasteiger partial charge on any atom is 0.253 e. The maximum atomic E-state index is 12.9. The van der Waals surface area contributed by atoms with Crippen LogP contribution >= 0.6 is 12.2 Å². The summed E-state index contributed by atoms with van der Waals surface area (Å²) < 4.78 is 0. The molecule has 1 fully saturated rings. The smallest absolute Gasteiger partial charge is 0.253 e. The van der Waals surface area contributed by atoms with E-state index in [2.05, 4.69) is 53.3 Å². The summed E-state index contributed by atoms with van der Waals surface area (Å²) in [5, 5.41) is 5.32. The van der Waals surface area contributed by atoms with Crippen LogP contribution in [0.25, 0.3) is 10.9 Å². The van der Waals surface area contributed by atoms with Crippen molar-refractivity contribution in [1.82, 2.24) is 15.2 Å². The largest absolute Gasteiger partial charge is 0.356 e. The molecule has 31 heavy (non-hydrogen) atoms. The molecule has 1 aliphatic carbocycles. The summed E-state index contributed by atoms with van der Waals surface area (Å²) in [6.45, 7) is 4.80. The molecular formula is C26H31N3OS. The van der Waals surface area contributed by atoms with Crippen LogP contribution in [0.5, 0.6) is 0 Å². The molecule has 4 nitrogen and oxygen atoms in total. The third-order valence-electron chi connectivity index (χ3n) is 6.40. The third-order valence-corrected chi connectivity index (χ3v) is 6.75. The number of aromatic nitrogens is 1. The number of benzene rings is 2. The van der Waals surface area contributed by atoms with Crippen molar-refractivity contribution in [2.75, 3.05) is 0 Å². The average Bonchev–Trinajstić information content (AvgIpc) is 3.32. The summed E-state index contributed by atoms with van der Waals surface area (Å²) in [7, 11) is 0. The Morgan fingerprint density at radius 3 is 2.61 bits per heavy atom. The van der Waals surface area contributed by atoms with E-state index >= 15 is 0 Å². The molecule has 0 unspecified atom stereocenters. The number of aryl methyl sites for hydroxylation is 1. The highest BCUT2D eigenvalue weighted by atomic mass is 32.1. The fourth-order valence-corrected chi connectivity index (χ4v) is 4.89. The molecule has 1 heterocycles. The van der Waals surface area contributed by atoms with Gasteiger partial charge in [0.1, 0.15) is 0 Å². The van der Waals surface area contributed by atoms with Crippen molar-refractivity contribution in [1.29, 1.82) is 0 Å². The predicted octanol–water partition coefficient (Wildman–Crippen LogP) is 5.47. The Morgan fingerprint density at radius 2 is 1.90 bits per heavy atom. The second kappa shape index (κ2) is 9.65. The lowest BCUT2D eigenvalue weighted by atomic mass is 10.1. The Balaban J connectivity index is 1.60. The van der Waals surface area contributed by atoms with Crippen LogP contribution in [0.1, 0.15) is 62.3 Å². The van der Waals surface area contributed by atoms with E-state index in [0.29, 0.717) is 12.6 Å². The van der Waals surface area contributed by atoms with Crippen LogP contribution in [0.2, 0.25) is 0 Å². The van der Waals surface area contributed by atoms with Crippen molar-refractivity contribution < 1.29 is 0 Å². The normalized spacial score (nSPS) is 15.2. The van der Waals surface area contributed by atoms with Gasteiger partial charge in [-0.05, 0) is 73.1 Å². The first-order chi connectivity index (χ1) is 15.0. The van der Waals surface area contributed by atoms with Crippen LogP contribution in [0, 0.1) is 0 Å². The average molecular weight is 434 g/mol. The van der Waals surface area contributed by atoms with Crippen molar-refractivity contribution in [3.63, 3.8) is 0 Å². The van der Waals surface area contributed by atoms with Gasteiger partial charge in [0, 0.05) is 17.1 Å². The number of thiocarbonyl (C=S) groups is 1. The minimum Gasteiger partial charge on any atom is -0.356 e. The van der Waals surface area contributed by atoms with Gasteiger partial charge in [-0.25, -0.2) is 0 Å². The number of nitrogens with one attached hydrogen (secondary N) is 2. The van der Waals surface area contributed by atoms with Gasteiger partial charge in [-0.1, -0.05) is 56.2 Å². The van der Waals surface area contributed by atoms with Gasteiger partial charge >= 0.3 is 0 Å². The lowest BCUT2D eigenvalue weighted by molar-refractivity contribution is 0.300. The molecule has 0 radical (unpaired) electrons. The summed E-state index contributed by atoms with van der Waals surface area (Å²) in [5.74, 6) is 0. The van der Waals surface area contributed by atoms with Crippen molar-refractivity contribution in [3.8, 4) is 0 Å². The van der Waals surface area contributed by atoms with E-state index in [4.69, 9.17) is 12.2 Å². The molecule has 2 N–H and O–H groups in total. The number of hydrogen-bond acceptors (Lipinski definition) is 2. The van der Waals surface area contributed by atoms with E-state index in [1.165, 1.54) is 24.0 Å². The number of fused-ring (bicyclic) bond motifs is 1. The lowest BCUT2D eigenvalue weighted by Crippen LogP contribution is -2.46. The number of pyridine rings is 1. The van der Waals surface area contributed by atoms with E-state index in [0.717, 1.165) is 40.8 Å². The Labute approximate surface area is 189 Å².